The van der Waals surface area contributed by atoms with E-state index < -0.39 is 22.0 Å². The Morgan fingerprint density at radius 3 is 2.46 bits per heavy atom. The van der Waals surface area contributed by atoms with E-state index in [-0.39, 0.29) is 17.5 Å². The first-order valence-electron chi connectivity index (χ1n) is 11.4. The lowest BCUT2D eigenvalue weighted by atomic mass is 10.1. The fourth-order valence-electron chi connectivity index (χ4n) is 4.16. The van der Waals surface area contributed by atoms with Gasteiger partial charge in [0.15, 0.2) is 17.6 Å². The van der Waals surface area contributed by atoms with Gasteiger partial charge in [0, 0.05) is 0 Å². The topological polar surface area (TPSA) is 94.2 Å². The Morgan fingerprint density at radius 2 is 1.69 bits per heavy atom. The van der Waals surface area contributed by atoms with Crippen LogP contribution in [0.2, 0.25) is 0 Å². The first kappa shape index (κ1) is 23.0. The van der Waals surface area contributed by atoms with Crippen molar-refractivity contribution in [2.75, 3.05) is 24.1 Å². The SMILES string of the molecule is Cc1ccc2c(c1)N(S(=O)(=O)c1ccccc1)CC(C(=O)NC(C)c1ccc3c(c1)OCCO3)O2. The normalized spacial score (nSPS) is 17.7. The van der Waals surface area contributed by atoms with Gasteiger partial charge in [-0.3, -0.25) is 9.10 Å². The second-order valence-electron chi connectivity index (χ2n) is 8.56. The maximum absolute atomic E-state index is 13.5. The van der Waals surface area contributed by atoms with Gasteiger partial charge in [0.05, 0.1) is 23.2 Å². The lowest BCUT2D eigenvalue weighted by molar-refractivity contribution is -0.128. The minimum Gasteiger partial charge on any atom is -0.486 e. The highest BCUT2D eigenvalue weighted by Gasteiger charge is 2.38. The fraction of sp³-hybridized carbons (Fsp3) is 0.269. The highest BCUT2D eigenvalue weighted by molar-refractivity contribution is 7.92. The van der Waals surface area contributed by atoms with Gasteiger partial charge in [0.25, 0.3) is 15.9 Å². The summed E-state index contributed by atoms with van der Waals surface area (Å²) in [4.78, 5) is 13.4. The van der Waals surface area contributed by atoms with Crippen LogP contribution < -0.4 is 23.8 Å². The predicted octanol–water partition coefficient (Wildman–Crippen LogP) is 3.60. The molecule has 2 atom stereocenters. The zero-order valence-corrected chi connectivity index (χ0v) is 20.2. The van der Waals surface area contributed by atoms with Crippen LogP contribution in [-0.2, 0) is 14.8 Å². The smallest absolute Gasteiger partial charge is 0.264 e. The van der Waals surface area contributed by atoms with Gasteiger partial charge >= 0.3 is 0 Å². The van der Waals surface area contributed by atoms with Gasteiger partial charge in [0.2, 0.25) is 0 Å². The molecular formula is C26H26N2O6S. The third-order valence-electron chi connectivity index (χ3n) is 6.03. The Kier molecular flexibility index (Phi) is 6.02. The Balaban J connectivity index is 1.40. The van der Waals surface area contributed by atoms with Crippen LogP contribution in [0.5, 0.6) is 17.2 Å². The molecule has 5 rings (SSSR count). The molecule has 2 unspecified atom stereocenters. The fourth-order valence-corrected chi connectivity index (χ4v) is 5.65. The number of carbonyl (C=O) groups is 1. The van der Waals surface area contributed by atoms with Crippen molar-refractivity contribution in [2.24, 2.45) is 0 Å². The van der Waals surface area contributed by atoms with Crippen LogP contribution in [0.3, 0.4) is 0 Å². The van der Waals surface area contributed by atoms with Crippen LogP contribution >= 0.6 is 0 Å². The molecule has 1 amide bonds. The molecule has 0 aliphatic carbocycles. The van der Waals surface area contributed by atoms with Crippen molar-refractivity contribution in [1.82, 2.24) is 5.32 Å². The Hall–Kier alpha value is -3.72. The molecule has 2 aliphatic rings. The first-order chi connectivity index (χ1) is 16.8. The van der Waals surface area contributed by atoms with Crippen molar-refractivity contribution in [3.05, 3.63) is 77.9 Å². The summed E-state index contributed by atoms with van der Waals surface area (Å²) >= 11 is 0. The van der Waals surface area contributed by atoms with Gasteiger partial charge in [-0.25, -0.2) is 8.42 Å². The van der Waals surface area contributed by atoms with Crippen molar-refractivity contribution >= 4 is 21.6 Å². The van der Waals surface area contributed by atoms with Crippen LogP contribution in [0.25, 0.3) is 0 Å². The number of anilines is 1. The molecule has 0 aromatic heterocycles. The van der Waals surface area contributed by atoms with Crippen LogP contribution in [0.1, 0.15) is 24.1 Å². The third-order valence-corrected chi connectivity index (χ3v) is 7.83. The summed E-state index contributed by atoms with van der Waals surface area (Å²) in [5.41, 5.74) is 2.14. The molecule has 0 radical (unpaired) electrons. The van der Waals surface area contributed by atoms with E-state index in [1.165, 1.54) is 4.31 Å². The molecule has 182 valence electrons. The summed E-state index contributed by atoms with van der Waals surface area (Å²) in [7, 11) is -3.91. The van der Waals surface area contributed by atoms with Gasteiger partial charge in [-0.15, -0.1) is 0 Å². The van der Waals surface area contributed by atoms with Gasteiger partial charge in [-0.05, 0) is 61.4 Å². The van der Waals surface area contributed by atoms with Crippen LogP contribution in [-0.4, -0.2) is 40.2 Å². The molecule has 3 aromatic carbocycles. The average molecular weight is 495 g/mol. The van der Waals surface area contributed by atoms with E-state index in [9.17, 15) is 13.2 Å². The Bertz CT molecular complexity index is 1360. The number of benzene rings is 3. The molecule has 2 heterocycles. The summed E-state index contributed by atoms with van der Waals surface area (Å²) in [5.74, 6) is 1.23. The van der Waals surface area contributed by atoms with Crippen molar-refractivity contribution in [2.45, 2.75) is 30.9 Å². The summed E-state index contributed by atoms with van der Waals surface area (Å²) in [5, 5.41) is 2.94. The van der Waals surface area contributed by atoms with Gasteiger partial charge < -0.3 is 19.5 Å². The van der Waals surface area contributed by atoms with E-state index in [0.717, 1.165) is 11.1 Å². The quantitative estimate of drug-likeness (QED) is 0.583. The highest BCUT2D eigenvalue weighted by atomic mass is 32.2. The second kappa shape index (κ2) is 9.14. The molecule has 0 saturated carbocycles. The number of rotatable bonds is 5. The van der Waals surface area contributed by atoms with Crippen LogP contribution in [0.15, 0.2) is 71.6 Å². The standard InChI is InChI=1S/C26H26N2O6S/c1-17-8-10-22-21(14-17)28(35(30,31)20-6-4-3-5-7-20)16-25(34-22)26(29)27-18(2)19-9-11-23-24(15-19)33-13-12-32-23/h3-11,14-15,18,25H,12-13,16H2,1-2H3,(H,27,29). The summed E-state index contributed by atoms with van der Waals surface area (Å²) < 4.78 is 45.5. The maximum Gasteiger partial charge on any atom is 0.264 e. The lowest BCUT2D eigenvalue weighted by Gasteiger charge is -2.35. The molecule has 0 spiro atoms. The molecule has 1 N–H and O–H groups in total. The average Bonchev–Trinajstić information content (AvgIpc) is 2.88. The molecule has 2 aliphatic heterocycles. The van der Waals surface area contributed by atoms with E-state index in [1.807, 2.05) is 38.1 Å². The van der Waals surface area contributed by atoms with Crippen molar-refractivity contribution in [1.29, 1.82) is 0 Å². The number of hydrogen-bond donors (Lipinski definition) is 1. The Labute approximate surface area is 204 Å². The monoisotopic (exact) mass is 494 g/mol. The lowest BCUT2D eigenvalue weighted by Crippen LogP contribution is -2.51. The summed E-state index contributed by atoms with van der Waals surface area (Å²) in [6.45, 7) is 4.55. The first-order valence-corrected chi connectivity index (χ1v) is 12.8. The number of aryl methyl sites for hydroxylation is 1. The third kappa shape index (κ3) is 4.51. The maximum atomic E-state index is 13.5. The number of hydrogen-bond acceptors (Lipinski definition) is 6. The molecule has 35 heavy (non-hydrogen) atoms. The van der Waals surface area contributed by atoms with Gasteiger partial charge in [-0.2, -0.15) is 0 Å². The zero-order valence-electron chi connectivity index (χ0n) is 19.4. The molecule has 3 aromatic rings. The summed E-state index contributed by atoms with van der Waals surface area (Å²) in [6, 6.07) is 18.6. The number of fused-ring (bicyclic) bond motifs is 2. The largest absolute Gasteiger partial charge is 0.486 e. The zero-order chi connectivity index (χ0) is 24.6. The molecule has 0 bridgehead atoms. The van der Waals surface area contributed by atoms with Crippen molar-refractivity contribution in [3.63, 3.8) is 0 Å². The van der Waals surface area contributed by atoms with E-state index in [2.05, 4.69) is 5.32 Å². The van der Waals surface area contributed by atoms with E-state index >= 15 is 0 Å². The second-order valence-corrected chi connectivity index (χ2v) is 10.4. The number of amides is 1. The van der Waals surface area contributed by atoms with Crippen LogP contribution in [0, 0.1) is 6.92 Å². The molecular weight excluding hydrogens is 468 g/mol. The van der Waals surface area contributed by atoms with Crippen molar-refractivity contribution < 1.29 is 27.4 Å². The van der Waals surface area contributed by atoms with E-state index in [1.54, 1.807) is 42.5 Å². The minimum absolute atomic E-state index is 0.145. The number of ether oxygens (including phenoxy) is 3. The summed E-state index contributed by atoms with van der Waals surface area (Å²) in [6.07, 6.45) is -1.02. The highest BCUT2D eigenvalue weighted by Crippen LogP contribution is 2.38. The number of carbonyl (C=O) groups excluding carboxylic acids is 1. The van der Waals surface area contributed by atoms with E-state index in [0.29, 0.717) is 36.1 Å². The predicted molar refractivity (Wildman–Crippen MR) is 131 cm³/mol. The molecule has 0 fully saturated rings. The molecule has 8 nitrogen and oxygen atoms in total. The minimum atomic E-state index is -3.91. The number of sulfonamides is 1. The van der Waals surface area contributed by atoms with Crippen molar-refractivity contribution in [3.8, 4) is 17.2 Å². The molecule has 0 saturated heterocycles. The number of nitrogens with one attached hydrogen (secondary N) is 1. The van der Waals surface area contributed by atoms with Gasteiger partial charge in [0.1, 0.15) is 19.0 Å². The van der Waals surface area contributed by atoms with E-state index in [4.69, 9.17) is 14.2 Å². The van der Waals surface area contributed by atoms with Crippen LogP contribution in [0.4, 0.5) is 5.69 Å². The molecule has 9 heteroatoms. The van der Waals surface area contributed by atoms with Gasteiger partial charge in [-0.1, -0.05) is 30.3 Å². The Morgan fingerprint density at radius 1 is 0.971 bits per heavy atom. The number of nitrogens with zero attached hydrogens (tertiary/aromatic N) is 1.